The Labute approximate surface area is 186 Å². The fraction of sp³-hybridized carbons (Fsp3) is 0.571. The fourth-order valence-electron chi connectivity index (χ4n) is 4.78. The number of methoxy groups -OCH3 is 1. The molecule has 0 fully saturated rings. The first-order chi connectivity index (χ1) is 15.2. The Bertz CT molecular complexity index is 1210. The van der Waals surface area contributed by atoms with Crippen LogP contribution in [0.3, 0.4) is 0 Å². The number of anilines is 1. The number of carbonyl (C=O) groups excluding carboxylic acids is 1. The van der Waals surface area contributed by atoms with Crippen LogP contribution in [-0.2, 0) is 40.6 Å². The first-order valence-corrected chi connectivity index (χ1v) is 12.3. The molecule has 10 nitrogen and oxygen atoms in total. The van der Waals surface area contributed by atoms with E-state index in [4.69, 9.17) is 14.5 Å². The number of carbonyl (C=O) groups is 1. The van der Waals surface area contributed by atoms with Gasteiger partial charge in [0.15, 0.2) is 4.90 Å². The Morgan fingerprint density at radius 2 is 2.12 bits per heavy atom. The molecule has 2 aromatic heterocycles. The van der Waals surface area contributed by atoms with Crippen LogP contribution < -0.4 is 14.8 Å². The number of nitrogens with one attached hydrogen (secondary N) is 2. The zero-order valence-corrected chi connectivity index (χ0v) is 19.2. The van der Waals surface area contributed by atoms with Crippen molar-refractivity contribution in [1.82, 2.24) is 19.5 Å². The highest BCUT2D eigenvalue weighted by Crippen LogP contribution is 2.41. The Hall–Kier alpha value is -2.66. The Kier molecular flexibility index (Phi) is 4.93. The number of sulfonamides is 1. The Morgan fingerprint density at radius 3 is 2.91 bits per heavy atom. The lowest BCUT2D eigenvalue weighted by molar-refractivity contribution is -0.0654. The van der Waals surface area contributed by atoms with Crippen LogP contribution in [-0.4, -0.2) is 48.5 Å². The number of hydrogen-bond acceptors (Lipinski definition) is 7. The van der Waals surface area contributed by atoms with Crippen LogP contribution >= 0.6 is 0 Å². The second-order valence-corrected chi connectivity index (χ2v) is 10.7. The minimum atomic E-state index is -4.19. The molecule has 11 heteroatoms. The van der Waals surface area contributed by atoms with Crippen LogP contribution in [0.5, 0.6) is 5.88 Å². The molecule has 5 rings (SSSR count). The van der Waals surface area contributed by atoms with E-state index in [2.05, 4.69) is 22.1 Å². The molecule has 0 radical (unpaired) electrons. The number of hydrogen-bond donors (Lipinski definition) is 2. The average Bonchev–Trinajstić information content (AvgIpc) is 3.46. The van der Waals surface area contributed by atoms with E-state index in [1.54, 1.807) is 7.11 Å². The number of fused-ring (bicyclic) bond motifs is 3. The van der Waals surface area contributed by atoms with Gasteiger partial charge in [0.1, 0.15) is 12.2 Å². The number of nitrogens with zero attached hydrogens (tertiary/aromatic N) is 3. The third kappa shape index (κ3) is 3.43. The summed E-state index contributed by atoms with van der Waals surface area (Å²) in [5, 5.41) is 6.94. The SMILES string of the molecule is COC1(C)COc2c(S(=O)(=O)NC(=O)Nc3c4c(nc5c3CCC5C)CCC4)cnn2C1. The second-order valence-electron chi connectivity index (χ2n) is 9.04. The molecule has 3 heterocycles. The molecule has 2 unspecified atom stereocenters. The van der Waals surface area contributed by atoms with Crippen LogP contribution in [0.2, 0.25) is 0 Å². The topological polar surface area (TPSA) is 124 Å². The molecule has 2 atom stereocenters. The van der Waals surface area contributed by atoms with Gasteiger partial charge in [-0.05, 0) is 56.1 Å². The molecule has 2 amide bonds. The predicted molar refractivity (Wildman–Crippen MR) is 115 cm³/mol. The van der Waals surface area contributed by atoms with Crippen molar-refractivity contribution in [3.63, 3.8) is 0 Å². The van der Waals surface area contributed by atoms with Crippen molar-refractivity contribution >= 4 is 21.7 Å². The lowest BCUT2D eigenvalue weighted by atomic mass is 10.0. The highest BCUT2D eigenvalue weighted by atomic mass is 32.2. The fourth-order valence-corrected chi connectivity index (χ4v) is 5.76. The van der Waals surface area contributed by atoms with E-state index >= 15 is 0 Å². The number of rotatable bonds is 4. The zero-order valence-electron chi connectivity index (χ0n) is 18.4. The molecule has 2 aromatic rings. The van der Waals surface area contributed by atoms with Crippen molar-refractivity contribution in [2.75, 3.05) is 19.0 Å². The normalized spacial score (nSPS) is 23.8. The van der Waals surface area contributed by atoms with Gasteiger partial charge in [0.2, 0.25) is 5.88 Å². The van der Waals surface area contributed by atoms with Gasteiger partial charge in [-0.3, -0.25) is 4.98 Å². The van der Waals surface area contributed by atoms with Crippen molar-refractivity contribution in [2.24, 2.45) is 0 Å². The van der Waals surface area contributed by atoms with Gasteiger partial charge >= 0.3 is 6.03 Å². The maximum absolute atomic E-state index is 13.0. The van der Waals surface area contributed by atoms with E-state index in [0.29, 0.717) is 12.5 Å². The molecule has 0 aromatic carbocycles. The average molecular weight is 462 g/mol. The molecule has 3 aliphatic rings. The first kappa shape index (κ1) is 21.2. The summed E-state index contributed by atoms with van der Waals surface area (Å²) in [6, 6.07) is -0.801. The van der Waals surface area contributed by atoms with Crippen LogP contribution in [0.25, 0.3) is 0 Å². The minimum Gasteiger partial charge on any atom is -0.474 e. The number of aromatic nitrogens is 3. The Morgan fingerprint density at radius 1 is 1.31 bits per heavy atom. The van der Waals surface area contributed by atoms with Gasteiger partial charge in [0, 0.05) is 18.5 Å². The largest absolute Gasteiger partial charge is 0.474 e. The first-order valence-electron chi connectivity index (χ1n) is 10.8. The third-order valence-corrected chi connectivity index (χ3v) is 7.97. The van der Waals surface area contributed by atoms with E-state index < -0.39 is 21.7 Å². The highest BCUT2D eigenvalue weighted by molar-refractivity contribution is 7.90. The summed E-state index contributed by atoms with van der Waals surface area (Å²) in [5.41, 5.74) is 4.19. The van der Waals surface area contributed by atoms with Gasteiger partial charge in [0.05, 0.1) is 18.4 Å². The summed E-state index contributed by atoms with van der Waals surface area (Å²) in [5.74, 6) is 0.427. The van der Waals surface area contributed by atoms with Gasteiger partial charge < -0.3 is 14.8 Å². The lowest BCUT2D eigenvalue weighted by Crippen LogP contribution is -2.44. The molecule has 1 aliphatic heterocycles. The molecule has 32 heavy (non-hydrogen) atoms. The molecule has 0 saturated heterocycles. The van der Waals surface area contributed by atoms with E-state index in [1.807, 2.05) is 6.92 Å². The smallest absolute Gasteiger partial charge is 0.333 e. The van der Waals surface area contributed by atoms with Crippen LogP contribution in [0, 0.1) is 0 Å². The van der Waals surface area contributed by atoms with Gasteiger partial charge in [-0.15, -0.1) is 0 Å². The van der Waals surface area contributed by atoms with Crippen molar-refractivity contribution in [1.29, 1.82) is 0 Å². The van der Waals surface area contributed by atoms with E-state index in [-0.39, 0.29) is 17.4 Å². The minimum absolute atomic E-state index is 0.0966. The molecular formula is C21H27N5O5S. The summed E-state index contributed by atoms with van der Waals surface area (Å²) in [6.45, 7) is 4.50. The van der Waals surface area contributed by atoms with E-state index in [0.717, 1.165) is 60.3 Å². The molecular weight excluding hydrogens is 434 g/mol. The van der Waals surface area contributed by atoms with Crippen molar-refractivity contribution < 1.29 is 22.7 Å². The molecule has 2 aliphatic carbocycles. The maximum Gasteiger partial charge on any atom is 0.333 e. The van der Waals surface area contributed by atoms with Crippen LogP contribution in [0.4, 0.5) is 10.5 Å². The Balaban J connectivity index is 1.39. The van der Waals surface area contributed by atoms with Gasteiger partial charge in [-0.2, -0.15) is 5.10 Å². The summed E-state index contributed by atoms with van der Waals surface area (Å²) in [4.78, 5) is 17.5. The number of aryl methyl sites for hydroxylation is 1. The van der Waals surface area contributed by atoms with E-state index in [1.165, 1.54) is 10.9 Å². The van der Waals surface area contributed by atoms with Gasteiger partial charge in [0.25, 0.3) is 10.0 Å². The third-order valence-electron chi connectivity index (χ3n) is 6.66. The van der Waals surface area contributed by atoms with Crippen molar-refractivity contribution in [3.05, 3.63) is 28.7 Å². The summed E-state index contributed by atoms with van der Waals surface area (Å²) in [7, 11) is -2.62. The van der Waals surface area contributed by atoms with Crippen LogP contribution in [0.15, 0.2) is 11.1 Å². The maximum atomic E-state index is 13.0. The number of ether oxygens (including phenoxy) is 2. The number of amides is 2. The van der Waals surface area contributed by atoms with E-state index in [9.17, 15) is 13.2 Å². The quantitative estimate of drug-likeness (QED) is 0.715. The molecule has 172 valence electrons. The zero-order chi connectivity index (χ0) is 22.7. The van der Waals surface area contributed by atoms with Gasteiger partial charge in [-0.25, -0.2) is 22.6 Å². The second kappa shape index (κ2) is 7.45. The summed E-state index contributed by atoms with van der Waals surface area (Å²) in [6.07, 6.45) is 5.67. The van der Waals surface area contributed by atoms with Crippen molar-refractivity contribution in [2.45, 2.75) is 68.9 Å². The monoisotopic (exact) mass is 461 g/mol. The molecule has 0 bridgehead atoms. The standard InChI is InChI=1S/C21H27N5O5S/c1-12-7-8-14-17(12)23-15-6-4-5-13(15)18(14)24-20(27)25-32(28,29)16-9-22-26-10-21(2,30-3)11-31-19(16)26/h9,12H,4-8,10-11H2,1-3H3,(H2,23,24,25,27). The van der Waals surface area contributed by atoms with Gasteiger partial charge in [-0.1, -0.05) is 6.92 Å². The molecule has 2 N–H and O–H groups in total. The predicted octanol–water partition coefficient (Wildman–Crippen LogP) is 2.12. The summed E-state index contributed by atoms with van der Waals surface area (Å²) >= 11 is 0. The molecule has 0 saturated carbocycles. The van der Waals surface area contributed by atoms with Crippen LogP contribution in [0.1, 0.15) is 55.1 Å². The number of urea groups is 1. The summed E-state index contributed by atoms with van der Waals surface area (Å²) < 4.78 is 40.5. The lowest BCUT2D eigenvalue weighted by Gasteiger charge is -2.32. The number of pyridine rings is 1. The highest BCUT2D eigenvalue weighted by Gasteiger charge is 2.37. The van der Waals surface area contributed by atoms with Crippen molar-refractivity contribution in [3.8, 4) is 5.88 Å². The molecule has 0 spiro atoms.